The predicted molar refractivity (Wildman–Crippen MR) is 455 cm³/mol. The van der Waals surface area contributed by atoms with Gasteiger partial charge < -0.3 is 13.7 Å². The van der Waals surface area contributed by atoms with E-state index in [4.69, 9.17) is 8.83 Å². The zero-order valence-electron chi connectivity index (χ0n) is 64.4. The lowest BCUT2D eigenvalue weighted by Gasteiger charge is -2.33. The van der Waals surface area contributed by atoms with E-state index in [1.54, 1.807) is 11.1 Å². The van der Waals surface area contributed by atoms with Crippen LogP contribution < -0.4 is 4.90 Å². The SMILES string of the molecule is CCCCCCCC1(CCCCCCC)c2ccccc2-c2ccc(-c3ccc4c(c3)C(C)(C)c3cc(-c5cc6c(c7c5oc5ccccc57)-c5ccc(N(c7cccc(-c8ccccc8)c7)c7ccc8c(c7)C(C)(C)c7c9c(c%10oc%11ccccc%11c%10c7-8)-c7ccccc7C9(C)C)cc5C6(C)C)ccc3-4)cc21. The monoisotopic (exact) mass is 1400 g/mol. The van der Waals surface area contributed by atoms with Crippen LogP contribution >= 0.6 is 0 Å². The van der Waals surface area contributed by atoms with E-state index in [-0.39, 0.29) is 21.7 Å². The van der Waals surface area contributed by atoms with Crippen LogP contribution in [0.2, 0.25) is 0 Å². The van der Waals surface area contributed by atoms with Crippen LogP contribution in [-0.4, -0.2) is 0 Å². The highest BCUT2D eigenvalue weighted by Crippen LogP contribution is 2.65. The topological polar surface area (TPSA) is 29.5 Å². The lowest BCUT2D eigenvalue weighted by atomic mass is 9.70. The third-order valence-electron chi connectivity index (χ3n) is 26.9. The van der Waals surface area contributed by atoms with Gasteiger partial charge in [0, 0.05) is 76.8 Å². The molecule has 5 aliphatic carbocycles. The molecule has 0 fully saturated rings. The van der Waals surface area contributed by atoms with Crippen LogP contribution in [0.4, 0.5) is 17.1 Å². The van der Waals surface area contributed by atoms with Crippen LogP contribution in [0.1, 0.15) is 202 Å². The van der Waals surface area contributed by atoms with Gasteiger partial charge in [-0.2, -0.15) is 0 Å². The van der Waals surface area contributed by atoms with Crippen LogP contribution in [0.5, 0.6) is 0 Å². The van der Waals surface area contributed by atoms with Crippen molar-refractivity contribution in [2.24, 2.45) is 0 Å². The maximum absolute atomic E-state index is 7.27. The molecule has 0 aliphatic heterocycles. The molecule has 0 N–H and O–H groups in total. The number of nitrogens with zero attached hydrogens (tertiary/aromatic N) is 1. The van der Waals surface area contributed by atoms with E-state index in [0.717, 1.165) is 55.7 Å². The zero-order chi connectivity index (χ0) is 73.3. The molecular formula is C105H95NO2. The first-order valence-electron chi connectivity index (χ1n) is 40.4. The van der Waals surface area contributed by atoms with Gasteiger partial charge in [-0.05, 0) is 219 Å². The van der Waals surface area contributed by atoms with Crippen LogP contribution in [-0.2, 0) is 27.1 Å². The molecule has 0 saturated heterocycles. The van der Waals surface area contributed by atoms with Crippen molar-refractivity contribution in [2.75, 3.05) is 4.90 Å². The molecule has 2 heterocycles. The van der Waals surface area contributed by atoms with E-state index in [2.05, 4.69) is 323 Å². The minimum atomic E-state index is -0.406. The molecule has 0 spiro atoms. The van der Waals surface area contributed by atoms with Crippen LogP contribution in [0, 0.1) is 0 Å². The van der Waals surface area contributed by atoms with E-state index < -0.39 is 5.41 Å². The Hall–Kier alpha value is -10.7. The highest BCUT2D eigenvalue weighted by Gasteiger charge is 2.50. The Morgan fingerprint density at radius 3 is 1.36 bits per heavy atom. The average molecular weight is 1400 g/mol. The van der Waals surface area contributed by atoms with E-state index in [1.807, 2.05) is 0 Å². The molecule has 108 heavy (non-hydrogen) atoms. The van der Waals surface area contributed by atoms with Gasteiger partial charge in [0.15, 0.2) is 0 Å². The van der Waals surface area contributed by atoms with Crippen molar-refractivity contribution in [1.82, 2.24) is 0 Å². The number of hydrogen-bond acceptors (Lipinski definition) is 3. The van der Waals surface area contributed by atoms with Gasteiger partial charge in [0.2, 0.25) is 0 Å². The molecule has 0 atom stereocenters. The van der Waals surface area contributed by atoms with E-state index in [1.165, 1.54) is 216 Å². The molecule has 13 aromatic carbocycles. The summed E-state index contributed by atoms with van der Waals surface area (Å²) in [6, 6.07) is 95.4. The first-order valence-corrected chi connectivity index (χ1v) is 40.4. The zero-order valence-corrected chi connectivity index (χ0v) is 64.4. The molecule has 0 unspecified atom stereocenters. The summed E-state index contributed by atoms with van der Waals surface area (Å²) < 4.78 is 14.4. The second kappa shape index (κ2) is 24.6. The molecule has 5 aliphatic rings. The Labute approximate surface area is 637 Å². The fraction of sp³-hybridized carbons (Fsp3) is 0.257. The highest BCUT2D eigenvalue weighted by atomic mass is 16.3. The standard InChI is InChI=1S/C105H95NO2/c1-11-13-15-17-30-55-105(56-31-18-16-14-12-2)83-42-27-22-37-72(83)75-51-46-67(59-88(75)105)66-45-50-73-74-52-47-68(60-85(74)101(3,4)84(73)58-66)81-63-89-92(94-79-39-24-28-43-90(79)107-99(81)94)77-53-48-70(61-86(77)102(89,5)6)106(69-36-32-35-65(57-69)64-33-20-19-21-34-64)71-49-54-78-87(62-71)104(9,10)97-93(78)95-80-40-25-29-44-91(80)108-100(95)96-76-38-23-26-41-82(76)103(7,8)98(96)97/h19-29,32-54,57-63H,11-18,30-31,55-56H2,1-10H3. The number of furan rings is 2. The third-order valence-corrected chi connectivity index (χ3v) is 26.9. The summed E-state index contributed by atoms with van der Waals surface area (Å²) in [7, 11) is 0. The van der Waals surface area contributed by atoms with Crippen molar-refractivity contribution in [2.45, 2.75) is 173 Å². The molecule has 15 aromatic rings. The van der Waals surface area contributed by atoms with Gasteiger partial charge in [-0.25, -0.2) is 0 Å². The largest absolute Gasteiger partial charge is 0.455 e. The predicted octanol–water partition coefficient (Wildman–Crippen LogP) is 30.2. The Morgan fingerprint density at radius 1 is 0.269 bits per heavy atom. The summed E-state index contributed by atoms with van der Waals surface area (Å²) in [4.78, 5) is 2.53. The Morgan fingerprint density at radius 2 is 0.704 bits per heavy atom. The Balaban J connectivity index is 0.691. The molecule has 20 rings (SSSR count). The minimum Gasteiger partial charge on any atom is -0.455 e. The number of rotatable bonds is 18. The number of hydrogen-bond donors (Lipinski definition) is 0. The molecule has 2 aromatic heterocycles. The van der Waals surface area contributed by atoms with Gasteiger partial charge in [0.25, 0.3) is 0 Å². The lowest BCUT2D eigenvalue weighted by molar-refractivity contribution is 0.399. The van der Waals surface area contributed by atoms with Crippen LogP contribution in [0.15, 0.2) is 258 Å². The quantitative estimate of drug-likeness (QED) is 0.0802. The summed E-state index contributed by atoms with van der Waals surface area (Å²) in [5, 5.41) is 4.71. The fourth-order valence-corrected chi connectivity index (χ4v) is 21.4. The molecular weight excluding hydrogens is 1310 g/mol. The summed E-state index contributed by atoms with van der Waals surface area (Å²) in [6.07, 6.45) is 15.4. The van der Waals surface area contributed by atoms with Crippen molar-refractivity contribution < 1.29 is 8.83 Å². The van der Waals surface area contributed by atoms with Crippen LogP contribution in [0.25, 0.3) is 133 Å². The summed E-state index contributed by atoms with van der Waals surface area (Å²) in [6.45, 7) is 24.3. The molecule has 0 amide bonds. The number of anilines is 3. The second-order valence-corrected chi connectivity index (χ2v) is 34.4. The molecule has 0 bridgehead atoms. The molecule has 0 radical (unpaired) electrons. The number of unbranched alkanes of at least 4 members (excludes halogenated alkanes) is 8. The molecule has 0 saturated carbocycles. The maximum Gasteiger partial charge on any atom is 0.144 e. The van der Waals surface area contributed by atoms with Crippen molar-refractivity contribution in [1.29, 1.82) is 0 Å². The van der Waals surface area contributed by atoms with Crippen molar-refractivity contribution >= 4 is 60.9 Å². The van der Waals surface area contributed by atoms with E-state index in [9.17, 15) is 0 Å². The van der Waals surface area contributed by atoms with E-state index in [0.29, 0.717) is 0 Å². The van der Waals surface area contributed by atoms with Crippen LogP contribution in [0.3, 0.4) is 0 Å². The van der Waals surface area contributed by atoms with Crippen molar-refractivity contribution in [3.05, 3.63) is 304 Å². The first kappa shape index (κ1) is 66.7. The number of para-hydroxylation sites is 2. The molecule has 3 nitrogen and oxygen atoms in total. The Kier molecular flexibility index (Phi) is 15.2. The second-order valence-electron chi connectivity index (χ2n) is 34.4. The molecule has 532 valence electrons. The number of fused-ring (bicyclic) bond motifs is 25. The highest BCUT2D eigenvalue weighted by molar-refractivity contribution is 6.22. The lowest BCUT2D eigenvalue weighted by Crippen LogP contribution is -2.25. The third kappa shape index (κ3) is 9.64. The van der Waals surface area contributed by atoms with Crippen molar-refractivity contribution in [3.8, 4) is 89.0 Å². The maximum atomic E-state index is 7.27. The minimum absolute atomic E-state index is 0.0277. The van der Waals surface area contributed by atoms with Gasteiger partial charge in [-0.15, -0.1) is 0 Å². The fourth-order valence-electron chi connectivity index (χ4n) is 21.4. The first-order chi connectivity index (χ1) is 52.5. The van der Waals surface area contributed by atoms with Gasteiger partial charge in [-0.3, -0.25) is 0 Å². The smallest absolute Gasteiger partial charge is 0.144 e. The van der Waals surface area contributed by atoms with E-state index >= 15 is 0 Å². The summed E-state index contributed by atoms with van der Waals surface area (Å²) in [5.74, 6) is 0. The van der Waals surface area contributed by atoms with Crippen molar-refractivity contribution in [3.63, 3.8) is 0 Å². The van der Waals surface area contributed by atoms with Gasteiger partial charge in [0.05, 0.1) is 0 Å². The van der Waals surface area contributed by atoms with Gasteiger partial charge >= 0.3 is 0 Å². The molecule has 3 heteroatoms. The summed E-state index contributed by atoms with van der Waals surface area (Å²) >= 11 is 0. The Bertz CT molecular complexity index is 6220. The average Bonchev–Trinajstić information content (AvgIpc) is 1.50. The summed E-state index contributed by atoms with van der Waals surface area (Å²) in [5.41, 5.74) is 40.2. The number of benzene rings is 13. The van der Waals surface area contributed by atoms with Gasteiger partial charge in [0.1, 0.15) is 22.3 Å². The van der Waals surface area contributed by atoms with Gasteiger partial charge in [-0.1, -0.05) is 309 Å². The normalized spacial score (nSPS) is 15.6.